The number of anilines is 1. The molecule has 4 N–H and O–H groups in total. The zero-order chi connectivity index (χ0) is 19.9. The number of ether oxygens (including phenoxy) is 2. The average Bonchev–Trinajstić information content (AvgIpc) is 3.15. The molecule has 4 atom stereocenters. The van der Waals surface area contributed by atoms with Crippen LogP contribution in [0.15, 0.2) is 11.1 Å². The highest BCUT2D eigenvalue weighted by Crippen LogP contribution is 2.33. The Balaban J connectivity index is 2.04. The molecular formula is C15H19N5O7. The van der Waals surface area contributed by atoms with Gasteiger partial charge in [-0.25, -0.2) is 9.78 Å². The number of aromatic amines is 1. The van der Waals surface area contributed by atoms with Crippen molar-refractivity contribution in [3.8, 4) is 0 Å². The largest absolute Gasteiger partial charge is 0.479 e. The van der Waals surface area contributed by atoms with Gasteiger partial charge in [0.25, 0.3) is 5.56 Å². The summed E-state index contributed by atoms with van der Waals surface area (Å²) >= 11 is 0. The number of carbonyl (C=O) groups excluding carboxylic acids is 1. The van der Waals surface area contributed by atoms with E-state index in [1.807, 2.05) is 0 Å². The fraction of sp³-hybridized carbons (Fsp3) is 0.533. The molecule has 3 heterocycles. The van der Waals surface area contributed by atoms with Gasteiger partial charge in [0.05, 0.1) is 6.33 Å². The number of aliphatic carboxylic acids is 1. The molecule has 0 aliphatic carbocycles. The number of rotatable bonds is 5. The highest BCUT2D eigenvalue weighted by molar-refractivity contribution is 5.91. The van der Waals surface area contributed by atoms with Gasteiger partial charge in [-0.3, -0.25) is 24.5 Å². The molecule has 12 heteroatoms. The maximum atomic E-state index is 12.2. The average molecular weight is 381 g/mol. The van der Waals surface area contributed by atoms with Crippen molar-refractivity contribution >= 4 is 29.0 Å². The Morgan fingerprint density at radius 1 is 1.44 bits per heavy atom. The highest BCUT2D eigenvalue weighted by atomic mass is 16.6. The number of nitrogens with one attached hydrogen (secondary N) is 2. The zero-order valence-electron chi connectivity index (χ0n) is 14.7. The van der Waals surface area contributed by atoms with Crippen LogP contribution >= 0.6 is 0 Å². The summed E-state index contributed by atoms with van der Waals surface area (Å²) in [6.45, 7) is 3.36. The third kappa shape index (κ3) is 3.29. The maximum Gasteiger partial charge on any atom is 0.335 e. The number of carboxylic acid groups (broad SMARTS) is 1. The van der Waals surface area contributed by atoms with E-state index in [1.165, 1.54) is 18.0 Å². The van der Waals surface area contributed by atoms with Gasteiger partial charge < -0.3 is 19.7 Å². The Morgan fingerprint density at radius 3 is 2.74 bits per heavy atom. The molecule has 3 rings (SSSR count). The topological polar surface area (TPSA) is 169 Å². The summed E-state index contributed by atoms with van der Waals surface area (Å²) in [4.78, 5) is 45.9. The molecule has 0 radical (unpaired) electrons. The van der Waals surface area contributed by atoms with E-state index in [0.717, 1.165) is 0 Å². The molecule has 1 aliphatic heterocycles. The monoisotopic (exact) mass is 381 g/mol. The number of hydrogen-bond donors (Lipinski definition) is 4. The second kappa shape index (κ2) is 7.06. The van der Waals surface area contributed by atoms with Crippen LogP contribution in [-0.4, -0.2) is 67.0 Å². The third-order valence-electron chi connectivity index (χ3n) is 4.20. The van der Waals surface area contributed by atoms with Crippen molar-refractivity contribution < 1.29 is 29.3 Å². The third-order valence-corrected chi connectivity index (χ3v) is 4.20. The lowest BCUT2D eigenvalue weighted by molar-refractivity contribution is -0.155. The molecule has 27 heavy (non-hydrogen) atoms. The van der Waals surface area contributed by atoms with Crippen LogP contribution in [0.25, 0.3) is 11.2 Å². The normalized spacial score (nSPS) is 25.2. The summed E-state index contributed by atoms with van der Waals surface area (Å²) in [5.74, 6) is -2.13. The van der Waals surface area contributed by atoms with E-state index in [0.29, 0.717) is 0 Å². The molecule has 146 valence electrons. The molecular weight excluding hydrogens is 362 g/mol. The number of H-pyrrole nitrogens is 1. The molecule has 0 spiro atoms. The molecule has 2 aromatic rings. The van der Waals surface area contributed by atoms with E-state index in [1.54, 1.807) is 13.8 Å². The number of imidazole rings is 1. The predicted octanol–water partition coefficient (Wildman–Crippen LogP) is -0.928. The standard InChI is InChI=1S/C15H19N5O7/c1-5(2)11(22)18-15-17-10-6(12(23)19-15)16-4-20(10)13-8(26-3)7(21)9(27-13)14(24)25/h4-5,7-9,13,21H,1-3H3,(H,24,25)(H2,17,18,19,22,23)/t7?,8?,9-,13+/m0/s1. The summed E-state index contributed by atoms with van der Waals surface area (Å²) in [5, 5.41) is 21.8. The smallest absolute Gasteiger partial charge is 0.335 e. The first kappa shape index (κ1) is 18.9. The molecule has 1 aliphatic rings. The predicted molar refractivity (Wildman–Crippen MR) is 90.0 cm³/mol. The van der Waals surface area contributed by atoms with Gasteiger partial charge in [0.1, 0.15) is 12.2 Å². The molecule has 2 unspecified atom stereocenters. The van der Waals surface area contributed by atoms with Crippen LogP contribution < -0.4 is 10.9 Å². The number of amides is 1. The van der Waals surface area contributed by atoms with Crippen molar-refractivity contribution in [2.75, 3.05) is 12.4 Å². The fourth-order valence-electron chi connectivity index (χ4n) is 2.77. The Hall–Kier alpha value is -2.83. The van der Waals surface area contributed by atoms with Crippen LogP contribution in [0.3, 0.4) is 0 Å². The van der Waals surface area contributed by atoms with Crippen molar-refractivity contribution in [3.63, 3.8) is 0 Å². The number of nitrogens with zero attached hydrogens (tertiary/aromatic N) is 3. The molecule has 0 bridgehead atoms. The van der Waals surface area contributed by atoms with E-state index in [-0.39, 0.29) is 28.9 Å². The van der Waals surface area contributed by atoms with Crippen molar-refractivity contribution in [2.45, 2.75) is 38.4 Å². The first-order chi connectivity index (χ1) is 12.7. The molecule has 0 aromatic carbocycles. The summed E-state index contributed by atoms with van der Waals surface area (Å²) < 4.78 is 11.9. The van der Waals surface area contributed by atoms with Crippen molar-refractivity contribution in [3.05, 3.63) is 16.7 Å². The molecule has 1 fully saturated rings. The zero-order valence-corrected chi connectivity index (χ0v) is 14.7. The molecule has 12 nitrogen and oxygen atoms in total. The van der Waals surface area contributed by atoms with Crippen LogP contribution in [0.5, 0.6) is 0 Å². The first-order valence-electron chi connectivity index (χ1n) is 8.11. The van der Waals surface area contributed by atoms with Gasteiger partial charge in [-0.15, -0.1) is 0 Å². The van der Waals surface area contributed by atoms with E-state index < -0.39 is 36.1 Å². The van der Waals surface area contributed by atoms with Crippen LogP contribution in [-0.2, 0) is 19.1 Å². The summed E-state index contributed by atoms with van der Waals surface area (Å²) in [6, 6.07) is 0. The van der Waals surface area contributed by atoms with Crippen LogP contribution in [0.1, 0.15) is 20.1 Å². The molecule has 2 aromatic heterocycles. The highest BCUT2D eigenvalue weighted by Gasteiger charge is 2.49. The SMILES string of the molecule is COC1C(O)[C@@H](C(=O)O)O[C@H]1n1cnc2c(=O)[nH]c(NC(=O)C(C)C)nc21. The Kier molecular flexibility index (Phi) is 4.95. The van der Waals surface area contributed by atoms with Crippen LogP contribution in [0.2, 0.25) is 0 Å². The number of aliphatic hydroxyl groups is 1. The summed E-state index contributed by atoms with van der Waals surface area (Å²) in [7, 11) is 1.29. The van der Waals surface area contributed by atoms with Gasteiger partial charge in [-0.2, -0.15) is 4.98 Å². The van der Waals surface area contributed by atoms with Gasteiger partial charge in [0, 0.05) is 13.0 Å². The lowest BCUT2D eigenvalue weighted by atomic mass is 10.1. The number of carboxylic acids is 1. The van der Waals surface area contributed by atoms with E-state index in [2.05, 4.69) is 20.3 Å². The number of hydrogen-bond acceptors (Lipinski definition) is 8. The molecule has 0 saturated carbocycles. The Labute approximate surface area is 152 Å². The number of aliphatic hydroxyl groups excluding tert-OH is 1. The Morgan fingerprint density at radius 2 is 2.15 bits per heavy atom. The number of fused-ring (bicyclic) bond motifs is 1. The van der Waals surface area contributed by atoms with Gasteiger partial charge in [-0.05, 0) is 0 Å². The quantitative estimate of drug-likeness (QED) is 0.511. The van der Waals surface area contributed by atoms with E-state index in [9.17, 15) is 24.6 Å². The summed E-state index contributed by atoms with van der Waals surface area (Å²) in [5.41, 5.74) is -0.590. The van der Waals surface area contributed by atoms with Crippen molar-refractivity contribution in [2.24, 2.45) is 5.92 Å². The van der Waals surface area contributed by atoms with Gasteiger partial charge in [0.15, 0.2) is 23.5 Å². The van der Waals surface area contributed by atoms with Gasteiger partial charge >= 0.3 is 5.97 Å². The lowest BCUT2D eigenvalue weighted by Gasteiger charge is -2.19. The molecule has 1 amide bonds. The minimum absolute atomic E-state index is 0.0377. The number of carbonyl (C=O) groups is 2. The lowest BCUT2D eigenvalue weighted by Crippen LogP contribution is -2.37. The van der Waals surface area contributed by atoms with Crippen molar-refractivity contribution in [1.29, 1.82) is 0 Å². The van der Waals surface area contributed by atoms with E-state index >= 15 is 0 Å². The second-order valence-electron chi connectivity index (χ2n) is 6.36. The first-order valence-corrected chi connectivity index (χ1v) is 8.11. The maximum absolute atomic E-state index is 12.2. The fourth-order valence-corrected chi connectivity index (χ4v) is 2.77. The van der Waals surface area contributed by atoms with E-state index in [4.69, 9.17) is 9.47 Å². The van der Waals surface area contributed by atoms with Crippen LogP contribution in [0.4, 0.5) is 5.95 Å². The van der Waals surface area contributed by atoms with Gasteiger partial charge in [-0.1, -0.05) is 13.8 Å². The summed E-state index contributed by atoms with van der Waals surface area (Å²) in [6.07, 6.45) is -3.83. The van der Waals surface area contributed by atoms with Gasteiger partial charge in [0.2, 0.25) is 11.9 Å². The number of methoxy groups -OCH3 is 1. The Bertz CT molecular complexity index is 936. The molecule has 1 saturated heterocycles. The van der Waals surface area contributed by atoms with Crippen molar-refractivity contribution in [1.82, 2.24) is 19.5 Å². The minimum atomic E-state index is -1.51. The van der Waals surface area contributed by atoms with Crippen LogP contribution in [0, 0.1) is 5.92 Å². The second-order valence-corrected chi connectivity index (χ2v) is 6.36. The minimum Gasteiger partial charge on any atom is -0.479 e. The number of aromatic nitrogens is 4.